The second-order valence-corrected chi connectivity index (χ2v) is 9.79. The number of halogens is 1. The second kappa shape index (κ2) is 10.5. The fourth-order valence-corrected chi connectivity index (χ4v) is 5.59. The molecule has 43 heavy (non-hydrogen) atoms. The first-order valence-corrected chi connectivity index (χ1v) is 16.0. The first kappa shape index (κ1) is 26.6. The fourth-order valence-electron chi connectivity index (χ4n) is 5.59. The highest BCUT2D eigenvalue weighted by Crippen LogP contribution is 2.36. The molecule has 0 atom stereocenters. The summed E-state index contributed by atoms with van der Waals surface area (Å²) in [5.74, 6) is 2.39. The van der Waals surface area contributed by atoms with Gasteiger partial charge in [0.1, 0.15) is 22.6 Å². The molecule has 0 radical (unpaired) electrons. The van der Waals surface area contributed by atoms with E-state index in [2.05, 4.69) is 16.5 Å². The van der Waals surface area contributed by atoms with E-state index < -0.39 is 0 Å². The van der Waals surface area contributed by atoms with Gasteiger partial charge in [0.2, 0.25) is 0 Å². The van der Waals surface area contributed by atoms with Crippen LogP contribution in [0, 0.1) is 0 Å². The Bertz CT molecular complexity index is 2040. The van der Waals surface area contributed by atoms with Gasteiger partial charge in [-0.15, -0.1) is 12.4 Å². The number of fused-ring (bicyclic) bond motifs is 20. The smallest absolute Gasteiger partial charge is 0.164 e. The summed E-state index contributed by atoms with van der Waals surface area (Å²) in [7, 11) is 1.31. The topological polar surface area (TPSA) is 109 Å². The molecule has 0 spiro atoms. The zero-order valence-electron chi connectivity index (χ0n) is 23.3. The normalized spacial score (nSPS) is 11.4. The number of hydrogen-bond donors (Lipinski definition) is 2. The molecule has 3 aromatic heterocycles. The van der Waals surface area contributed by atoms with Gasteiger partial charge in [0.15, 0.2) is 23.3 Å². The molecule has 0 unspecified atom stereocenters. The van der Waals surface area contributed by atoms with E-state index in [0.717, 1.165) is 43.8 Å². The van der Waals surface area contributed by atoms with Gasteiger partial charge >= 0.3 is 0 Å². The Kier molecular flexibility index (Phi) is 6.53. The molecule has 0 amide bonds. The SMILES string of the molecule is C[SiH3].Cl.c1ccc2c(c1)-c1nc-2nc2[nH]c(nc3nc(nc4[nH]c(n1)c1ccccc41)-c1ccccc1-3)c1ccccc21. The molecule has 2 aliphatic rings. The van der Waals surface area contributed by atoms with Crippen molar-refractivity contribution in [3.8, 4) is 45.6 Å². The van der Waals surface area contributed by atoms with Crippen LogP contribution >= 0.6 is 12.4 Å². The summed E-state index contributed by atoms with van der Waals surface area (Å²) in [4.78, 5) is 36.8. The predicted molar refractivity (Wildman–Crippen MR) is 179 cm³/mol. The molecule has 5 heterocycles. The van der Waals surface area contributed by atoms with E-state index in [1.54, 1.807) is 0 Å². The summed E-state index contributed by atoms with van der Waals surface area (Å²) in [6, 6.07) is 32.2. The van der Waals surface area contributed by atoms with Crippen LogP contribution in [-0.2, 0) is 0 Å². The van der Waals surface area contributed by atoms with Crippen LogP contribution < -0.4 is 0 Å². The van der Waals surface area contributed by atoms with Crippen molar-refractivity contribution in [1.82, 2.24) is 39.9 Å². The van der Waals surface area contributed by atoms with Crippen LogP contribution in [0.4, 0.5) is 0 Å². The molecule has 0 saturated heterocycles. The Hall–Kier alpha value is -5.25. The summed E-state index contributed by atoms with van der Waals surface area (Å²) in [6.07, 6.45) is 0. The van der Waals surface area contributed by atoms with Crippen LogP contribution in [0.3, 0.4) is 0 Å². The Morgan fingerprint density at radius 3 is 0.860 bits per heavy atom. The van der Waals surface area contributed by atoms with Gasteiger partial charge in [0, 0.05) is 43.8 Å². The van der Waals surface area contributed by atoms with Crippen LogP contribution in [0.1, 0.15) is 0 Å². The van der Waals surface area contributed by atoms with Gasteiger partial charge in [-0.05, 0) is 10.2 Å². The molecule has 0 fully saturated rings. The number of H-pyrrole nitrogens is 2. The number of nitrogens with one attached hydrogen (secondary N) is 2. The number of hydrogen-bond acceptors (Lipinski definition) is 6. The maximum absolute atomic E-state index is 5.02. The summed E-state index contributed by atoms with van der Waals surface area (Å²) in [5, 5.41) is 3.82. The molecule has 208 valence electrons. The molecule has 9 rings (SSSR count). The summed E-state index contributed by atoms with van der Waals surface area (Å²) in [6.45, 7) is 2.14. The van der Waals surface area contributed by atoms with E-state index >= 15 is 0 Å². The maximum atomic E-state index is 5.02. The lowest BCUT2D eigenvalue weighted by atomic mass is 10.1. The summed E-state index contributed by atoms with van der Waals surface area (Å²) < 4.78 is 0. The molecule has 0 saturated carbocycles. The van der Waals surface area contributed by atoms with Crippen molar-refractivity contribution in [3.63, 3.8) is 0 Å². The van der Waals surface area contributed by atoms with Crippen molar-refractivity contribution in [3.05, 3.63) is 97.1 Å². The fraction of sp³-hybridized carbons (Fsp3) is 0.0303. The Labute approximate surface area is 255 Å². The van der Waals surface area contributed by atoms with Crippen LogP contribution in [0.5, 0.6) is 0 Å². The van der Waals surface area contributed by atoms with Crippen LogP contribution in [0.2, 0.25) is 6.55 Å². The summed E-state index contributed by atoms with van der Waals surface area (Å²) >= 11 is 0. The third-order valence-corrected chi connectivity index (χ3v) is 7.46. The van der Waals surface area contributed by atoms with Crippen molar-refractivity contribution in [2.75, 3.05) is 0 Å². The standard InChI is InChI=1S/C32H18N8.CH6Si.ClH/c1-2-10-18-17(9-1)25-33-26(18)38-28-21-13-5-6-14-22(21)30(35-28)40-32-24-16-8-7-15-23(24)31(36-32)39-29-20-12-4-3-11-19(20)27(34-29)37-25;1-2;/h1-16H,(H2,33,34,35,36,37,38,39,40);1-2H3;1H. The average molecular weight is 597 g/mol. The highest BCUT2D eigenvalue weighted by atomic mass is 35.5. The third kappa shape index (κ3) is 4.20. The van der Waals surface area contributed by atoms with E-state index in [1.807, 2.05) is 97.1 Å². The van der Waals surface area contributed by atoms with Crippen molar-refractivity contribution >= 4 is 66.8 Å². The molecule has 8 bridgehead atoms. The molecule has 2 N–H and O–H groups in total. The number of nitrogens with zero attached hydrogens (tertiary/aromatic N) is 6. The summed E-state index contributed by atoms with van der Waals surface area (Å²) in [5.41, 5.74) is 6.45. The minimum atomic E-state index is 0. The monoisotopic (exact) mass is 596 g/mol. The van der Waals surface area contributed by atoms with Gasteiger partial charge in [-0.3, -0.25) is 0 Å². The van der Waals surface area contributed by atoms with Gasteiger partial charge < -0.3 is 9.97 Å². The zero-order valence-corrected chi connectivity index (χ0v) is 26.1. The highest BCUT2D eigenvalue weighted by molar-refractivity contribution is 6.06. The average Bonchev–Trinajstić information content (AvgIpc) is 3.78. The Morgan fingerprint density at radius 1 is 0.372 bits per heavy atom. The number of aromatic amines is 2. The molecule has 0 aliphatic carbocycles. The van der Waals surface area contributed by atoms with Crippen LogP contribution in [0.25, 0.3) is 89.7 Å². The van der Waals surface area contributed by atoms with Gasteiger partial charge in [0.25, 0.3) is 0 Å². The second-order valence-electron chi connectivity index (χ2n) is 9.79. The van der Waals surface area contributed by atoms with Gasteiger partial charge in [0.05, 0.1) is 0 Å². The van der Waals surface area contributed by atoms with E-state index in [9.17, 15) is 0 Å². The van der Waals surface area contributed by atoms with Gasteiger partial charge in [-0.25, -0.2) is 29.9 Å². The van der Waals surface area contributed by atoms with Crippen molar-refractivity contribution in [1.29, 1.82) is 0 Å². The first-order chi connectivity index (χ1) is 20.8. The van der Waals surface area contributed by atoms with E-state index in [1.165, 1.54) is 10.2 Å². The lowest BCUT2D eigenvalue weighted by molar-refractivity contribution is 1.19. The maximum Gasteiger partial charge on any atom is 0.164 e. The zero-order chi connectivity index (χ0) is 28.2. The first-order valence-electron chi connectivity index (χ1n) is 14.0. The Morgan fingerprint density at radius 2 is 0.605 bits per heavy atom. The molecule has 7 aromatic rings. The Balaban J connectivity index is 0.000000981. The van der Waals surface area contributed by atoms with E-state index in [0.29, 0.717) is 45.9 Å². The molecule has 8 nitrogen and oxygen atoms in total. The lowest BCUT2D eigenvalue weighted by Crippen LogP contribution is -1.82. The number of benzene rings is 4. The van der Waals surface area contributed by atoms with E-state index in [4.69, 9.17) is 29.9 Å². The van der Waals surface area contributed by atoms with Crippen LogP contribution in [0.15, 0.2) is 97.1 Å². The molecular weight excluding hydrogens is 572 g/mol. The van der Waals surface area contributed by atoms with Crippen molar-refractivity contribution in [2.45, 2.75) is 6.55 Å². The minimum Gasteiger partial charge on any atom is -0.324 e. The number of aromatic nitrogens is 8. The van der Waals surface area contributed by atoms with Crippen molar-refractivity contribution in [2.24, 2.45) is 0 Å². The minimum absolute atomic E-state index is 0. The molecule has 10 heteroatoms. The number of rotatable bonds is 0. The quantitative estimate of drug-likeness (QED) is 0.189. The molecule has 4 aromatic carbocycles. The van der Waals surface area contributed by atoms with Gasteiger partial charge in [-0.1, -0.05) is 104 Å². The van der Waals surface area contributed by atoms with Gasteiger partial charge in [-0.2, -0.15) is 0 Å². The largest absolute Gasteiger partial charge is 0.324 e. The highest BCUT2D eigenvalue weighted by Gasteiger charge is 2.21. The lowest BCUT2D eigenvalue weighted by Gasteiger charge is -1.96. The third-order valence-electron chi connectivity index (χ3n) is 7.46. The molecule has 2 aliphatic heterocycles. The van der Waals surface area contributed by atoms with Crippen LogP contribution in [-0.4, -0.2) is 50.1 Å². The predicted octanol–water partition coefficient (Wildman–Crippen LogP) is 6.69. The van der Waals surface area contributed by atoms with Crippen molar-refractivity contribution < 1.29 is 0 Å². The van der Waals surface area contributed by atoms with E-state index in [-0.39, 0.29) is 12.4 Å². The molecular formula is C33H25ClN8Si.